The Kier molecular flexibility index (Phi) is 3.75. The van der Waals surface area contributed by atoms with Crippen LogP contribution in [0.1, 0.15) is 5.82 Å². The fourth-order valence-corrected chi connectivity index (χ4v) is 2.00. The number of nitrogens with two attached hydrogens (primary N) is 1. The van der Waals surface area contributed by atoms with Crippen molar-refractivity contribution >= 4 is 17.3 Å². The Morgan fingerprint density at radius 1 is 1.14 bits per heavy atom. The predicted molar refractivity (Wildman–Crippen MR) is 79.9 cm³/mol. The molecule has 0 saturated heterocycles. The van der Waals surface area contributed by atoms with Crippen molar-refractivity contribution in [1.82, 2.24) is 10.1 Å². The van der Waals surface area contributed by atoms with Crippen LogP contribution in [0.2, 0.25) is 5.02 Å². The van der Waals surface area contributed by atoms with Crippen LogP contribution in [0.3, 0.4) is 0 Å². The van der Waals surface area contributed by atoms with Crippen molar-refractivity contribution in [3.63, 3.8) is 0 Å². The standard InChI is InChI=1S/C15H12ClN3O2/c16-10-6-7-12(13(17)8-10)15-18-14(19-21-15)9-20-11-4-2-1-3-5-11/h1-8H,9,17H2. The van der Waals surface area contributed by atoms with Crippen LogP contribution in [0, 0.1) is 0 Å². The minimum atomic E-state index is 0.223. The van der Waals surface area contributed by atoms with E-state index >= 15 is 0 Å². The molecule has 21 heavy (non-hydrogen) atoms. The average molecular weight is 302 g/mol. The van der Waals surface area contributed by atoms with E-state index in [1.54, 1.807) is 18.2 Å². The maximum atomic E-state index is 5.88. The normalized spacial score (nSPS) is 10.5. The summed E-state index contributed by atoms with van der Waals surface area (Å²) in [6.45, 7) is 0.223. The zero-order valence-electron chi connectivity index (χ0n) is 11.0. The van der Waals surface area contributed by atoms with Gasteiger partial charge in [0.05, 0.1) is 5.56 Å². The SMILES string of the molecule is Nc1cc(Cl)ccc1-c1nc(COc2ccccc2)no1. The van der Waals surface area contributed by atoms with Crippen molar-refractivity contribution in [2.24, 2.45) is 0 Å². The van der Waals surface area contributed by atoms with E-state index in [9.17, 15) is 0 Å². The fourth-order valence-electron chi connectivity index (χ4n) is 1.81. The number of ether oxygens (including phenoxy) is 1. The lowest BCUT2D eigenvalue weighted by atomic mass is 10.2. The largest absolute Gasteiger partial charge is 0.485 e. The number of halogens is 1. The molecule has 3 aromatic rings. The molecule has 0 aliphatic carbocycles. The Morgan fingerprint density at radius 3 is 2.71 bits per heavy atom. The van der Waals surface area contributed by atoms with Crippen LogP contribution in [-0.2, 0) is 6.61 Å². The highest BCUT2D eigenvalue weighted by Gasteiger charge is 2.12. The Balaban J connectivity index is 1.74. The first-order valence-electron chi connectivity index (χ1n) is 6.28. The molecule has 0 atom stereocenters. The Hall–Kier alpha value is -2.53. The van der Waals surface area contributed by atoms with E-state index in [-0.39, 0.29) is 6.61 Å². The van der Waals surface area contributed by atoms with Crippen molar-refractivity contribution in [1.29, 1.82) is 0 Å². The van der Waals surface area contributed by atoms with E-state index in [1.165, 1.54) is 0 Å². The van der Waals surface area contributed by atoms with Crippen LogP contribution in [0.25, 0.3) is 11.5 Å². The van der Waals surface area contributed by atoms with Gasteiger partial charge in [0.25, 0.3) is 5.89 Å². The highest BCUT2D eigenvalue weighted by molar-refractivity contribution is 6.31. The molecule has 106 valence electrons. The van der Waals surface area contributed by atoms with Crippen LogP contribution < -0.4 is 10.5 Å². The van der Waals surface area contributed by atoms with Crippen LogP contribution in [0.5, 0.6) is 5.75 Å². The number of nitrogen functional groups attached to an aromatic ring is 1. The summed E-state index contributed by atoms with van der Waals surface area (Å²) in [6.07, 6.45) is 0. The van der Waals surface area contributed by atoms with Gasteiger partial charge in [0.2, 0.25) is 5.82 Å². The molecule has 2 aromatic carbocycles. The number of anilines is 1. The van der Waals surface area contributed by atoms with E-state index in [2.05, 4.69) is 10.1 Å². The van der Waals surface area contributed by atoms with E-state index < -0.39 is 0 Å². The third-order valence-electron chi connectivity index (χ3n) is 2.82. The highest BCUT2D eigenvalue weighted by Crippen LogP contribution is 2.27. The van der Waals surface area contributed by atoms with E-state index in [4.69, 9.17) is 26.6 Å². The first-order chi connectivity index (χ1) is 10.2. The third-order valence-corrected chi connectivity index (χ3v) is 3.06. The summed E-state index contributed by atoms with van der Waals surface area (Å²) in [5.41, 5.74) is 7.02. The zero-order valence-corrected chi connectivity index (χ0v) is 11.7. The Morgan fingerprint density at radius 2 is 1.95 bits per heavy atom. The number of hydrogen-bond acceptors (Lipinski definition) is 5. The minimum Gasteiger partial charge on any atom is -0.485 e. The third kappa shape index (κ3) is 3.14. The molecule has 0 fully saturated rings. The lowest BCUT2D eigenvalue weighted by molar-refractivity contribution is 0.287. The van der Waals surface area contributed by atoms with Gasteiger partial charge in [-0.05, 0) is 30.3 Å². The smallest absolute Gasteiger partial charge is 0.260 e. The molecular formula is C15H12ClN3O2. The zero-order chi connectivity index (χ0) is 14.7. The van der Waals surface area contributed by atoms with Gasteiger partial charge < -0.3 is 15.0 Å². The van der Waals surface area contributed by atoms with Crippen molar-refractivity contribution in [3.05, 3.63) is 59.4 Å². The predicted octanol–water partition coefficient (Wildman–Crippen LogP) is 3.55. The van der Waals surface area contributed by atoms with Gasteiger partial charge in [0, 0.05) is 10.7 Å². The molecule has 0 saturated carbocycles. The second-order valence-electron chi connectivity index (χ2n) is 4.35. The van der Waals surface area contributed by atoms with Crippen molar-refractivity contribution in [2.45, 2.75) is 6.61 Å². The average Bonchev–Trinajstić information content (AvgIpc) is 2.95. The topological polar surface area (TPSA) is 74.2 Å². The molecule has 0 aliphatic rings. The highest BCUT2D eigenvalue weighted by atomic mass is 35.5. The summed E-state index contributed by atoms with van der Waals surface area (Å²) in [5.74, 6) is 1.54. The molecule has 3 rings (SSSR count). The van der Waals surface area contributed by atoms with Gasteiger partial charge in [-0.3, -0.25) is 0 Å². The first kappa shape index (κ1) is 13.5. The molecule has 0 spiro atoms. The summed E-state index contributed by atoms with van der Waals surface area (Å²) >= 11 is 5.86. The van der Waals surface area contributed by atoms with E-state index in [0.717, 1.165) is 5.75 Å². The number of benzene rings is 2. The molecule has 5 nitrogen and oxygen atoms in total. The fraction of sp³-hybridized carbons (Fsp3) is 0.0667. The number of para-hydroxylation sites is 1. The van der Waals surface area contributed by atoms with Crippen LogP contribution >= 0.6 is 11.6 Å². The molecule has 0 bridgehead atoms. The van der Waals surface area contributed by atoms with E-state index in [0.29, 0.717) is 28.0 Å². The first-order valence-corrected chi connectivity index (χ1v) is 6.66. The van der Waals surface area contributed by atoms with Gasteiger partial charge in [-0.1, -0.05) is 35.0 Å². The number of hydrogen-bond donors (Lipinski definition) is 1. The lowest BCUT2D eigenvalue weighted by Gasteiger charge is -2.01. The maximum Gasteiger partial charge on any atom is 0.260 e. The molecule has 0 amide bonds. The number of aromatic nitrogens is 2. The van der Waals surface area contributed by atoms with Crippen LogP contribution in [0.4, 0.5) is 5.69 Å². The molecule has 2 N–H and O–H groups in total. The molecule has 1 heterocycles. The molecule has 0 aliphatic heterocycles. The van der Waals surface area contributed by atoms with Gasteiger partial charge in [0.1, 0.15) is 5.75 Å². The van der Waals surface area contributed by atoms with Crippen LogP contribution in [0.15, 0.2) is 53.1 Å². The summed E-state index contributed by atoms with van der Waals surface area (Å²) in [5, 5.41) is 4.43. The molecule has 6 heteroatoms. The monoisotopic (exact) mass is 301 g/mol. The molecule has 1 aromatic heterocycles. The second kappa shape index (κ2) is 5.85. The van der Waals surface area contributed by atoms with Crippen molar-refractivity contribution in [3.8, 4) is 17.2 Å². The Labute approximate surface area is 126 Å². The number of rotatable bonds is 4. The van der Waals surface area contributed by atoms with Gasteiger partial charge >= 0.3 is 0 Å². The Bertz CT molecular complexity index is 744. The number of nitrogens with zero attached hydrogens (tertiary/aromatic N) is 2. The molecule has 0 unspecified atom stereocenters. The van der Waals surface area contributed by atoms with Crippen molar-refractivity contribution < 1.29 is 9.26 Å². The summed E-state index contributed by atoms with van der Waals surface area (Å²) in [6, 6.07) is 14.5. The van der Waals surface area contributed by atoms with E-state index in [1.807, 2.05) is 30.3 Å². The molecule has 0 radical (unpaired) electrons. The van der Waals surface area contributed by atoms with Gasteiger partial charge in [-0.15, -0.1) is 0 Å². The minimum absolute atomic E-state index is 0.223. The van der Waals surface area contributed by atoms with Gasteiger partial charge in [0.15, 0.2) is 6.61 Å². The summed E-state index contributed by atoms with van der Waals surface area (Å²) in [4.78, 5) is 4.26. The van der Waals surface area contributed by atoms with Crippen LogP contribution in [-0.4, -0.2) is 10.1 Å². The second-order valence-corrected chi connectivity index (χ2v) is 4.79. The summed E-state index contributed by atoms with van der Waals surface area (Å²) in [7, 11) is 0. The molecular weight excluding hydrogens is 290 g/mol. The summed E-state index contributed by atoms with van der Waals surface area (Å²) < 4.78 is 10.7. The van der Waals surface area contributed by atoms with Gasteiger partial charge in [-0.25, -0.2) is 0 Å². The quantitative estimate of drug-likeness (QED) is 0.746. The van der Waals surface area contributed by atoms with Gasteiger partial charge in [-0.2, -0.15) is 4.98 Å². The maximum absolute atomic E-state index is 5.88. The lowest BCUT2D eigenvalue weighted by Crippen LogP contribution is -1.97. The van der Waals surface area contributed by atoms with Crippen molar-refractivity contribution in [2.75, 3.05) is 5.73 Å².